The standard InChI is InChI=1S/C7H8.C6H13NS/c1-7-5-3-2-4-6-7;1-3-4-6(2)5-8-7/h2-6H,1H3;3,6H,1,4-5,7H2,2H3. The molecule has 1 rings (SSSR count). The van der Waals surface area contributed by atoms with Gasteiger partial charge in [-0.05, 0) is 19.3 Å². The molecule has 2 heteroatoms. The fourth-order valence-corrected chi connectivity index (χ4v) is 1.52. The number of allylic oxidation sites excluding steroid dienone is 1. The van der Waals surface area contributed by atoms with Crippen LogP contribution in [0.1, 0.15) is 18.9 Å². The first-order valence-corrected chi connectivity index (χ1v) is 6.19. The first-order chi connectivity index (χ1) is 7.20. The number of rotatable bonds is 4. The van der Waals surface area contributed by atoms with Gasteiger partial charge in [-0.25, -0.2) is 0 Å². The summed E-state index contributed by atoms with van der Waals surface area (Å²) in [7, 11) is 0. The summed E-state index contributed by atoms with van der Waals surface area (Å²) in [6, 6.07) is 10.3. The molecule has 1 atom stereocenters. The van der Waals surface area contributed by atoms with Gasteiger partial charge in [0.15, 0.2) is 0 Å². The highest BCUT2D eigenvalue weighted by molar-refractivity contribution is 7.97. The zero-order valence-corrected chi connectivity index (χ0v) is 10.5. The van der Waals surface area contributed by atoms with Gasteiger partial charge in [0.25, 0.3) is 0 Å². The Morgan fingerprint density at radius 1 is 1.40 bits per heavy atom. The van der Waals surface area contributed by atoms with E-state index in [2.05, 4.69) is 32.6 Å². The molecular weight excluding hydrogens is 202 g/mol. The Morgan fingerprint density at radius 3 is 2.33 bits per heavy atom. The Bertz CT molecular complexity index is 246. The van der Waals surface area contributed by atoms with Crippen molar-refractivity contribution < 1.29 is 0 Å². The van der Waals surface area contributed by atoms with E-state index in [1.165, 1.54) is 17.5 Å². The Morgan fingerprint density at radius 2 is 2.00 bits per heavy atom. The van der Waals surface area contributed by atoms with Crippen LogP contribution in [0.4, 0.5) is 0 Å². The second-order valence-corrected chi connectivity index (χ2v) is 4.28. The molecular formula is C13H21NS. The van der Waals surface area contributed by atoms with Crippen molar-refractivity contribution in [3.63, 3.8) is 0 Å². The lowest BCUT2D eigenvalue weighted by Crippen LogP contribution is -1.98. The molecule has 0 radical (unpaired) electrons. The second kappa shape index (κ2) is 9.81. The number of nitrogens with two attached hydrogens (primary N) is 1. The van der Waals surface area contributed by atoms with Gasteiger partial charge in [0.05, 0.1) is 0 Å². The molecule has 1 nitrogen and oxygen atoms in total. The van der Waals surface area contributed by atoms with Gasteiger partial charge in [0, 0.05) is 5.75 Å². The number of benzene rings is 1. The fourth-order valence-electron chi connectivity index (χ4n) is 1.05. The molecule has 0 aromatic heterocycles. The molecule has 0 aliphatic rings. The summed E-state index contributed by atoms with van der Waals surface area (Å²) < 4.78 is 0. The van der Waals surface area contributed by atoms with E-state index in [-0.39, 0.29) is 0 Å². The highest BCUT2D eigenvalue weighted by atomic mass is 32.2. The third-order valence-corrected chi connectivity index (χ3v) is 2.65. The quantitative estimate of drug-likeness (QED) is 0.620. The average molecular weight is 223 g/mol. The van der Waals surface area contributed by atoms with Gasteiger partial charge in [0.2, 0.25) is 0 Å². The molecule has 1 aromatic rings. The van der Waals surface area contributed by atoms with Crippen LogP contribution in [0.2, 0.25) is 0 Å². The summed E-state index contributed by atoms with van der Waals surface area (Å²) in [5.74, 6) is 1.72. The molecule has 15 heavy (non-hydrogen) atoms. The molecule has 1 unspecified atom stereocenters. The van der Waals surface area contributed by atoms with Gasteiger partial charge < -0.3 is 0 Å². The molecule has 2 N–H and O–H groups in total. The first-order valence-electron chi connectivity index (χ1n) is 5.15. The predicted molar refractivity (Wildman–Crippen MR) is 71.8 cm³/mol. The molecule has 0 fully saturated rings. The molecule has 1 aromatic carbocycles. The highest BCUT2D eigenvalue weighted by Gasteiger charge is 1.95. The largest absolute Gasteiger partial charge is 0.278 e. The van der Waals surface area contributed by atoms with E-state index < -0.39 is 0 Å². The monoisotopic (exact) mass is 223 g/mol. The lowest BCUT2D eigenvalue weighted by molar-refractivity contribution is 0.677. The van der Waals surface area contributed by atoms with E-state index in [1.54, 1.807) is 0 Å². The molecule has 0 aliphatic carbocycles. The van der Waals surface area contributed by atoms with Gasteiger partial charge in [-0.3, -0.25) is 5.14 Å². The van der Waals surface area contributed by atoms with Crippen molar-refractivity contribution in [2.75, 3.05) is 5.75 Å². The van der Waals surface area contributed by atoms with Crippen LogP contribution in [-0.4, -0.2) is 5.75 Å². The SMILES string of the molecule is C=CCC(C)CSN.Cc1ccccc1. The van der Waals surface area contributed by atoms with Crippen LogP contribution >= 0.6 is 11.9 Å². The number of aryl methyl sites for hydroxylation is 1. The third-order valence-electron chi connectivity index (χ3n) is 1.89. The van der Waals surface area contributed by atoms with Crippen LogP contribution in [0.25, 0.3) is 0 Å². The van der Waals surface area contributed by atoms with Crippen molar-refractivity contribution in [1.82, 2.24) is 0 Å². The van der Waals surface area contributed by atoms with Crippen LogP contribution in [-0.2, 0) is 0 Å². The summed E-state index contributed by atoms with van der Waals surface area (Å²) in [5, 5.41) is 5.24. The average Bonchev–Trinajstić information content (AvgIpc) is 2.20. The van der Waals surface area contributed by atoms with Gasteiger partial charge in [-0.15, -0.1) is 6.58 Å². The van der Waals surface area contributed by atoms with Crippen LogP contribution in [0, 0.1) is 12.8 Å². The zero-order valence-electron chi connectivity index (χ0n) is 9.65. The van der Waals surface area contributed by atoms with Crippen molar-refractivity contribution in [1.29, 1.82) is 0 Å². The Balaban J connectivity index is 0.000000262. The van der Waals surface area contributed by atoms with Gasteiger partial charge >= 0.3 is 0 Å². The minimum absolute atomic E-state index is 0.683. The van der Waals surface area contributed by atoms with E-state index in [4.69, 9.17) is 5.14 Å². The smallest absolute Gasteiger partial charge is 0.0105 e. The summed E-state index contributed by atoms with van der Waals surface area (Å²) in [4.78, 5) is 0. The summed E-state index contributed by atoms with van der Waals surface area (Å²) >= 11 is 1.40. The van der Waals surface area contributed by atoms with Crippen molar-refractivity contribution >= 4 is 11.9 Å². The fraction of sp³-hybridized carbons (Fsp3) is 0.385. The molecule has 0 spiro atoms. The Kier molecular flexibility index (Phi) is 9.33. The summed E-state index contributed by atoms with van der Waals surface area (Å²) in [6.07, 6.45) is 3.01. The van der Waals surface area contributed by atoms with Crippen LogP contribution in [0.3, 0.4) is 0 Å². The highest BCUT2D eigenvalue weighted by Crippen LogP contribution is 2.06. The minimum Gasteiger partial charge on any atom is -0.278 e. The van der Waals surface area contributed by atoms with E-state index in [0.717, 1.165) is 12.2 Å². The molecule has 84 valence electrons. The maximum absolute atomic E-state index is 5.24. The van der Waals surface area contributed by atoms with Crippen molar-refractivity contribution in [3.8, 4) is 0 Å². The molecule has 0 saturated heterocycles. The van der Waals surface area contributed by atoms with Gasteiger partial charge in [-0.1, -0.05) is 60.8 Å². The van der Waals surface area contributed by atoms with E-state index in [1.807, 2.05) is 24.3 Å². The molecule has 0 bridgehead atoms. The molecule has 0 heterocycles. The topological polar surface area (TPSA) is 26.0 Å². The van der Waals surface area contributed by atoms with E-state index in [9.17, 15) is 0 Å². The van der Waals surface area contributed by atoms with Crippen molar-refractivity contribution in [3.05, 3.63) is 48.6 Å². The lowest BCUT2D eigenvalue weighted by Gasteiger charge is -2.02. The number of hydrogen-bond donors (Lipinski definition) is 1. The van der Waals surface area contributed by atoms with Crippen molar-refractivity contribution in [2.24, 2.45) is 11.1 Å². The molecule has 0 saturated carbocycles. The van der Waals surface area contributed by atoms with E-state index >= 15 is 0 Å². The first kappa shape index (κ1) is 14.3. The van der Waals surface area contributed by atoms with Crippen molar-refractivity contribution in [2.45, 2.75) is 20.3 Å². The zero-order chi connectivity index (χ0) is 11.5. The summed E-state index contributed by atoms with van der Waals surface area (Å²) in [6.45, 7) is 7.88. The van der Waals surface area contributed by atoms with Crippen LogP contribution < -0.4 is 5.14 Å². The minimum atomic E-state index is 0.683. The second-order valence-electron chi connectivity index (χ2n) is 3.62. The predicted octanol–water partition coefficient (Wildman–Crippen LogP) is 3.80. The summed E-state index contributed by atoms with van der Waals surface area (Å²) in [5.41, 5.74) is 1.32. The van der Waals surface area contributed by atoms with Crippen LogP contribution in [0.15, 0.2) is 43.0 Å². The van der Waals surface area contributed by atoms with E-state index in [0.29, 0.717) is 5.92 Å². The van der Waals surface area contributed by atoms with Gasteiger partial charge in [0.1, 0.15) is 0 Å². The van der Waals surface area contributed by atoms with Gasteiger partial charge in [-0.2, -0.15) is 0 Å². The maximum atomic E-state index is 5.24. The maximum Gasteiger partial charge on any atom is 0.0105 e. The Hall–Kier alpha value is -0.730. The normalized spacial score (nSPS) is 11.1. The third kappa shape index (κ3) is 9.57. The number of hydrogen-bond acceptors (Lipinski definition) is 2. The molecule has 0 aliphatic heterocycles. The van der Waals surface area contributed by atoms with Crippen LogP contribution in [0.5, 0.6) is 0 Å². The Labute approximate surface area is 97.9 Å². The lowest BCUT2D eigenvalue weighted by atomic mass is 10.1. The molecule has 0 amide bonds.